The summed E-state index contributed by atoms with van der Waals surface area (Å²) >= 11 is 0. The molecule has 2 aliphatic rings. The van der Waals surface area contributed by atoms with Crippen LogP contribution >= 0.6 is 0 Å². The number of hydrogen-bond acceptors (Lipinski definition) is 3. The predicted octanol–water partition coefficient (Wildman–Crippen LogP) is -0.157. The fourth-order valence-corrected chi connectivity index (χ4v) is 2.17. The predicted molar refractivity (Wildman–Crippen MR) is 53.0 cm³/mol. The van der Waals surface area contributed by atoms with E-state index in [2.05, 4.69) is 10.2 Å². The molecule has 0 saturated carbocycles. The third kappa shape index (κ3) is 1.91. The Kier molecular flexibility index (Phi) is 3.03. The lowest BCUT2D eigenvalue weighted by molar-refractivity contribution is -0.127. The fourth-order valence-electron chi connectivity index (χ4n) is 2.17. The van der Waals surface area contributed by atoms with E-state index in [1.807, 2.05) is 0 Å². The van der Waals surface area contributed by atoms with Crippen molar-refractivity contribution in [2.24, 2.45) is 5.92 Å². The second kappa shape index (κ2) is 4.28. The minimum absolute atomic E-state index is 0.203. The summed E-state index contributed by atoms with van der Waals surface area (Å²) in [4.78, 5) is 13.8. The molecule has 0 aromatic carbocycles. The van der Waals surface area contributed by atoms with E-state index >= 15 is 0 Å². The zero-order valence-corrected chi connectivity index (χ0v) is 8.66. The molecule has 0 unspecified atom stereocenters. The molecule has 2 fully saturated rings. The van der Waals surface area contributed by atoms with Gasteiger partial charge in [-0.25, -0.2) is 0 Å². The maximum absolute atomic E-state index is 11.4. The molecule has 0 bridgehead atoms. The number of carbonyl (C=O) groups excluding carboxylic acids is 1. The molecule has 0 radical (unpaired) electrons. The van der Waals surface area contributed by atoms with Crippen LogP contribution in [0, 0.1) is 5.92 Å². The second-order valence-electron chi connectivity index (χ2n) is 4.12. The SMILES string of the molecule is CNC(=O)C1CCN(C2COC2)CC1. The molecular formula is C10H18N2O2. The molecule has 2 saturated heterocycles. The number of amides is 1. The third-order valence-electron chi connectivity index (χ3n) is 3.28. The van der Waals surface area contributed by atoms with E-state index in [1.54, 1.807) is 7.05 Å². The van der Waals surface area contributed by atoms with Crippen LogP contribution in [0.4, 0.5) is 0 Å². The van der Waals surface area contributed by atoms with Crippen LogP contribution in [0.5, 0.6) is 0 Å². The van der Waals surface area contributed by atoms with Crippen molar-refractivity contribution in [2.45, 2.75) is 18.9 Å². The molecule has 0 spiro atoms. The van der Waals surface area contributed by atoms with Crippen LogP contribution in [0.15, 0.2) is 0 Å². The number of piperidine rings is 1. The van der Waals surface area contributed by atoms with Gasteiger partial charge in [0.15, 0.2) is 0 Å². The summed E-state index contributed by atoms with van der Waals surface area (Å²) in [5, 5.41) is 2.72. The van der Waals surface area contributed by atoms with Gasteiger partial charge in [-0.2, -0.15) is 0 Å². The number of carbonyl (C=O) groups is 1. The van der Waals surface area contributed by atoms with E-state index in [9.17, 15) is 4.79 Å². The first-order chi connectivity index (χ1) is 6.81. The molecule has 2 aliphatic heterocycles. The topological polar surface area (TPSA) is 41.6 Å². The van der Waals surface area contributed by atoms with Gasteiger partial charge in [0.2, 0.25) is 5.91 Å². The maximum atomic E-state index is 11.4. The lowest BCUT2D eigenvalue weighted by Gasteiger charge is -2.41. The van der Waals surface area contributed by atoms with Crippen molar-refractivity contribution in [2.75, 3.05) is 33.4 Å². The van der Waals surface area contributed by atoms with Crippen LogP contribution in [-0.2, 0) is 9.53 Å². The molecule has 0 aromatic heterocycles. The van der Waals surface area contributed by atoms with Gasteiger partial charge in [0, 0.05) is 13.0 Å². The molecule has 0 aromatic rings. The zero-order chi connectivity index (χ0) is 9.97. The summed E-state index contributed by atoms with van der Waals surface area (Å²) in [6, 6.07) is 0.626. The van der Waals surface area contributed by atoms with Gasteiger partial charge in [0.1, 0.15) is 0 Å². The summed E-state index contributed by atoms with van der Waals surface area (Å²) in [5.41, 5.74) is 0. The van der Waals surface area contributed by atoms with Crippen LogP contribution in [0.1, 0.15) is 12.8 Å². The highest BCUT2D eigenvalue weighted by molar-refractivity contribution is 5.78. The Bertz CT molecular complexity index is 208. The standard InChI is InChI=1S/C10H18N2O2/c1-11-10(13)8-2-4-12(5-3-8)9-6-14-7-9/h8-9H,2-7H2,1H3,(H,11,13). The minimum Gasteiger partial charge on any atom is -0.378 e. The number of likely N-dealkylation sites (tertiary alicyclic amines) is 1. The normalized spacial score (nSPS) is 25.8. The molecule has 2 rings (SSSR count). The van der Waals surface area contributed by atoms with E-state index in [0.29, 0.717) is 6.04 Å². The van der Waals surface area contributed by atoms with Crippen LogP contribution in [0.25, 0.3) is 0 Å². The summed E-state index contributed by atoms with van der Waals surface area (Å²) in [6.07, 6.45) is 1.99. The summed E-state index contributed by atoms with van der Waals surface area (Å²) in [6.45, 7) is 3.85. The van der Waals surface area contributed by atoms with Crippen LogP contribution in [0.3, 0.4) is 0 Å². The minimum atomic E-state index is 0.203. The lowest BCUT2D eigenvalue weighted by Crippen LogP contribution is -2.52. The van der Waals surface area contributed by atoms with Crippen LogP contribution < -0.4 is 5.32 Å². The number of rotatable bonds is 2. The second-order valence-corrected chi connectivity index (χ2v) is 4.12. The van der Waals surface area contributed by atoms with Crippen molar-refractivity contribution in [3.05, 3.63) is 0 Å². The fraction of sp³-hybridized carbons (Fsp3) is 0.900. The van der Waals surface area contributed by atoms with Gasteiger partial charge in [0.05, 0.1) is 19.3 Å². The summed E-state index contributed by atoms with van der Waals surface area (Å²) in [5.74, 6) is 0.437. The highest BCUT2D eigenvalue weighted by Gasteiger charge is 2.31. The first-order valence-corrected chi connectivity index (χ1v) is 5.34. The van der Waals surface area contributed by atoms with E-state index in [0.717, 1.165) is 39.1 Å². The van der Waals surface area contributed by atoms with Gasteiger partial charge in [-0.1, -0.05) is 0 Å². The Balaban J connectivity index is 1.76. The van der Waals surface area contributed by atoms with Crippen molar-refractivity contribution < 1.29 is 9.53 Å². The van der Waals surface area contributed by atoms with Crippen molar-refractivity contribution in [3.8, 4) is 0 Å². The monoisotopic (exact) mass is 198 g/mol. The summed E-state index contributed by atoms with van der Waals surface area (Å²) < 4.78 is 5.16. The maximum Gasteiger partial charge on any atom is 0.222 e. The average molecular weight is 198 g/mol. The molecule has 4 nitrogen and oxygen atoms in total. The molecule has 0 atom stereocenters. The van der Waals surface area contributed by atoms with Gasteiger partial charge >= 0.3 is 0 Å². The van der Waals surface area contributed by atoms with E-state index < -0.39 is 0 Å². The molecule has 0 aliphatic carbocycles. The van der Waals surface area contributed by atoms with Crippen LogP contribution in [-0.4, -0.2) is 50.2 Å². The van der Waals surface area contributed by atoms with Gasteiger partial charge in [-0.15, -0.1) is 0 Å². The highest BCUT2D eigenvalue weighted by Crippen LogP contribution is 2.21. The molecule has 80 valence electrons. The van der Waals surface area contributed by atoms with Crippen molar-refractivity contribution in [1.82, 2.24) is 10.2 Å². The largest absolute Gasteiger partial charge is 0.378 e. The quantitative estimate of drug-likeness (QED) is 0.670. The molecular weight excluding hydrogens is 180 g/mol. The first kappa shape index (κ1) is 9.93. The van der Waals surface area contributed by atoms with Gasteiger partial charge in [-0.05, 0) is 25.9 Å². The van der Waals surface area contributed by atoms with Crippen molar-refractivity contribution in [1.29, 1.82) is 0 Å². The summed E-state index contributed by atoms with van der Waals surface area (Å²) in [7, 11) is 1.72. The number of nitrogens with zero attached hydrogens (tertiary/aromatic N) is 1. The Morgan fingerprint density at radius 1 is 1.36 bits per heavy atom. The van der Waals surface area contributed by atoms with Crippen molar-refractivity contribution >= 4 is 5.91 Å². The Morgan fingerprint density at radius 2 is 2.00 bits per heavy atom. The van der Waals surface area contributed by atoms with E-state index in [4.69, 9.17) is 4.74 Å². The Hall–Kier alpha value is -0.610. The third-order valence-corrected chi connectivity index (χ3v) is 3.28. The van der Waals surface area contributed by atoms with Gasteiger partial charge in [0.25, 0.3) is 0 Å². The molecule has 1 amide bonds. The van der Waals surface area contributed by atoms with E-state index in [-0.39, 0.29) is 11.8 Å². The van der Waals surface area contributed by atoms with Gasteiger partial charge < -0.3 is 10.1 Å². The van der Waals surface area contributed by atoms with E-state index in [1.165, 1.54) is 0 Å². The number of ether oxygens (including phenoxy) is 1. The van der Waals surface area contributed by atoms with Crippen molar-refractivity contribution in [3.63, 3.8) is 0 Å². The number of hydrogen-bond donors (Lipinski definition) is 1. The van der Waals surface area contributed by atoms with Crippen LogP contribution in [0.2, 0.25) is 0 Å². The Morgan fingerprint density at radius 3 is 2.43 bits per heavy atom. The highest BCUT2D eigenvalue weighted by atomic mass is 16.5. The molecule has 1 N–H and O–H groups in total. The lowest BCUT2D eigenvalue weighted by atomic mass is 9.94. The molecule has 4 heteroatoms. The first-order valence-electron chi connectivity index (χ1n) is 5.34. The van der Waals surface area contributed by atoms with Gasteiger partial charge in [-0.3, -0.25) is 9.69 Å². The zero-order valence-electron chi connectivity index (χ0n) is 8.66. The molecule has 14 heavy (non-hydrogen) atoms. The smallest absolute Gasteiger partial charge is 0.222 e. The average Bonchev–Trinajstić information content (AvgIpc) is 2.15. The Labute approximate surface area is 84.6 Å². The number of nitrogens with one attached hydrogen (secondary N) is 1. The molecule has 2 heterocycles.